The number of nitrogen functional groups attached to an aromatic ring is 1. The maximum atomic E-state index is 5.95. The highest BCUT2D eigenvalue weighted by molar-refractivity contribution is 14.1. The molecular formula is C45H57I2N3. The topological polar surface area (TPSA) is 50.1 Å². The molecular weight excluding hydrogens is 836 g/mol. The number of anilines is 5. The summed E-state index contributed by atoms with van der Waals surface area (Å²) in [7, 11) is 0. The lowest BCUT2D eigenvalue weighted by Gasteiger charge is -2.23. The van der Waals surface area contributed by atoms with E-state index in [2.05, 4.69) is 196 Å². The molecule has 0 saturated heterocycles. The van der Waals surface area contributed by atoms with Crippen molar-refractivity contribution >= 4 is 73.6 Å². The van der Waals surface area contributed by atoms with Gasteiger partial charge in [-0.1, -0.05) is 24.3 Å². The Hall–Kier alpha value is -3.04. The lowest BCUT2D eigenvalue weighted by Crippen LogP contribution is -2.06. The molecule has 0 bridgehead atoms. The molecule has 0 fully saturated rings. The van der Waals surface area contributed by atoms with E-state index in [1.165, 1.54) is 102 Å². The number of para-hydroxylation sites is 2. The quantitative estimate of drug-likeness (QED) is 0.124. The van der Waals surface area contributed by atoms with E-state index >= 15 is 0 Å². The van der Waals surface area contributed by atoms with Gasteiger partial charge in [0.25, 0.3) is 0 Å². The van der Waals surface area contributed by atoms with Crippen LogP contribution in [0.15, 0.2) is 48.5 Å². The van der Waals surface area contributed by atoms with Crippen LogP contribution in [0.5, 0.6) is 0 Å². The fourth-order valence-corrected chi connectivity index (χ4v) is 7.09. The molecule has 0 atom stereocenters. The van der Waals surface area contributed by atoms with Crippen molar-refractivity contribution in [2.24, 2.45) is 0 Å². The zero-order chi connectivity index (χ0) is 37.8. The van der Waals surface area contributed by atoms with Crippen molar-refractivity contribution in [3.8, 4) is 0 Å². The predicted molar refractivity (Wildman–Crippen MR) is 240 cm³/mol. The molecule has 3 nitrogen and oxygen atoms in total. The Morgan fingerprint density at radius 3 is 0.820 bits per heavy atom. The summed E-state index contributed by atoms with van der Waals surface area (Å²) in [4.78, 5) is 0. The van der Waals surface area contributed by atoms with E-state index in [4.69, 9.17) is 5.73 Å². The minimum absolute atomic E-state index is 0.954. The zero-order valence-corrected chi connectivity index (χ0v) is 37.3. The molecule has 5 aromatic carbocycles. The molecule has 0 aliphatic heterocycles. The molecule has 5 rings (SSSR count). The Morgan fingerprint density at radius 1 is 0.340 bits per heavy atom. The highest BCUT2D eigenvalue weighted by Gasteiger charge is 2.16. The normalized spacial score (nSPS) is 10.6. The first-order valence-electron chi connectivity index (χ1n) is 17.3. The van der Waals surface area contributed by atoms with Gasteiger partial charge in [-0.25, -0.2) is 0 Å². The van der Waals surface area contributed by atoms with Gasteiger partial charge in [0.15, 0.2) is 0 Å². The first-order valence-corrected chi connectivity index (χ1v) is 19.5. The Labute approximate surface area is 330 Å². The second-order valence-electron chi connectivity index (χ2n) is 13.7. The second-order valence-corrected chi connectivity index (χ2v) is 16.1. The summed E-state index contributed by atoms with van der Waals surface area (Å²) in [5.74, 6) is 0. The van der Waals surface area contributed by atoms with Crippen LogP contribution in [0.4, 0.5) is 28.4 Å². The molecule has 5 aromatic rings. The third-order valence-electron chi connectivity index (χ3n) is 11.3. The average molecular weight is 894 g/mol. The van der Waals surface area contributed by atoms with E-state index in [0.717, 1.165) is 17.1 Å². The molecule has 0 aliphatic carbocycles. The number of hydrogen-bond acceptors (Lipinski definition) is 3. The molecule has 0 aliphatic rings. The van der Waals surface area contributed by atoms with Crippen LogP contribution >= 0.6 is 45.2 Å². The first-order chi connectivity index (χ1) is 23.3. The largest absolute Gasteiger partial charge is 0.398 e. The summed E-state index contributed by atoms with van der Waals surface area (Å²) >= 11 is 4.63. The van der Waals surface area contributed by atoms with Crippen LogP contribution in [0.2, 0.25) is 0 Å². The van der Waals surface area contributed by atoms with Crippen molar-refractivity contribution in [2.75, 3.05) is 16.4 Å². The molecule has 0 amide bonds. The van der Waals surface area contributed by atoms with Crippen LogP contribution in [-0.2, 0) is 0 Å². The van der Waals surface area contributed by atoms with Crippen LogP contribution in [-0.4, -0.2) is 0 Å². The maximum Gasteiger partial charge on any atom is 0.0623 e. The lowest BCUT2D eigenvalue weighted by molar-refractivity contribution is 1.17. The molecule has 0 spiro atoms. The zero-order valence-electron chi connectivity index (χ0n) is 33.0. The number of hydrogen-bond donors (Lipinski definition) is 3. The Bertz CT molecular complexity index is 1760. The smallest absolute Gasteiger partial charge is 0.0623 e. The molecule has 0 unspecified atom stereocenters. The van der Waals surface area contributed by atoms with Gasteiger partial charge in [-0.3, -0.25) is 0 Å². The minimum atomic E-state index is 0.954. The number of rotatable bonds is 4. The van der Waals surface area contributed by atoms with Crippen molar-refractivity contribution in [3.63, 3.8) is 0 Å². The van der Waals surface area contributed by atoms with E-state index in [1.54, 1.807) is 0 Å². The number of benzene rings is 5. The Morgan fingerprint density at radius 2 is 0.560 bits per heavy atom. The molecule has 5 heteroatoms. The molecule has 0 radical (unpaired) electrons. The second kappa shape index (κ2) is 17.5. The average Bonchev–Trinajstić information content (AvgIpc) is 3.11. The molecule has 0 saturated carbocycles. The van der Waals surface area contributed by atoms with Gasteiger partial charge in [0.2, 0.25) is 0 Å². The van der Waals surface area contributed by atoms with Crippen LogP contribution in [0, 0.1) is 111 Å². The summed E-state index contributed by atoms with van der Waals surface area (Å²) in [5, 5.41) is 7.51. The summed E-state index contributed by atoms with van der Waals surface area (Å²) < 4.78 is 2.65. The van der Waals surface area contributed by atoms with Gasteiger partial charge >= 0.3 is 0 Å². The fourth-order valence-electron chi connectivity index (χ4n) is 6.31. The third-order valence-corrected chi connectivity index (χ3v) is 14.2. The summed E-state index contributed by atoms with van der Waals surface area (Å²) in [5.41, 5.74) is 31.5. The van der Waals surface area contributed by atoms with Crippen molar-refractivity contribution < 1.29 is 0 Å². The summed E-state index contributed by atoms with van der Waals surface area (Å²) in [6.07, 6.45) is 0. The standard InChI is InChI=1S/C28H36N2.C11H17N.C6H4I2/c1-15-17(3)21(7)27(22(8)18(15)4)29-25-13-11-12-14-26(25)30-28-23(9)19(5)16(2)20(6)24(28)10;1-6-7(2)9(4)11(12)10(5)8(6)3;7-5-3-1-2-4-6(5)8/h11-14,29-30H,1-10H3;12H2,1-5H3;1-4H. The monoisotopic (exact) mass is 893 g/mol. The predicted octanol–water partition coefficient (Wildman–Crippen LogP) is 14.0. The maximum absolute atomic E-state index is 5.95. The van der Waals surface area contributed by atoms with Gasteiger partial charge in [-0.2, -0.15) is 0 Å². The molecule has 4 N–H and O–H groups in total. The van der Waals surface area contributed by atoms with E-state index in [-0.39, 0.29) is 0 Å². The summed E-state index contributed by atoms with van der Waals surface area (Å²) in [6, 6.07) is 16.8. The number of halogens is 2. The van der Waals surface area contributed by atoms with Crippen molar-refractivity contribution in [1.29, 1.82) is 0 Å². The van der Waals surface area contributed by atoms with E-state index < -0.39 is 0 Å². The van der Waals surface area contributed by atoms with Crippen LogP contribution < -0.4 is 16.4 Å². The Kier molecular flexibility index (Phi) is 14.4. The highest BCUT2D eigenvalue weighted by atomic mass is 127. The Balaban J connectivity index is 0.000000274. The van der Waals surface area contributed by atoms with Gasteiger partial charge in [-0.05, 0) is 257 Å². The number of nitrogens with one attached hydrogen (secondary N) is 2. The van der Waals surface area contributed by atoms with Gasteiger partial charge < -0.3 is 16.4 Å². The highest BCUT2D eigenvalue weighted by Crippen LogP contribution is 2.38. The van der Waals surface area contributed by atoms with Crippen LogP contribution in [0.1, 0.15) is 83.5 Å². The lowest BCUT2D eigenvalue weighted by atomic mass is 9.92. The van der Waals surface area contributed by atoms with E-state index in [9.17, 15) is 0 Å². The molecule has 0 heterocycles. The van der Waals surface area contributed by atoms with Crippen molar-refractivity contribution in [1.82, 2.24) is 0 Å². The van der Waals surface area contributed by atoms with E-state index in [1.807, 2.05) is 12.1 Å². The van der Waals surface area contributed by atoms with Crippen molar-refractivity contribution in [3.05, 3.63) is 139 Å². The SMILES string of the molecule is Cc1c(C)c(C)c(N)c(C)c1C.Cc1c(C)c(C)c(Nc2ccccc2Nc2c(C)c(C)c(C)c(C)c2C)c(C)c1C.Ic1ccccc1I. The molecule has 50 heavy (non-hydrogen) atoms. The van der Waals surface area contributed by atoms with Crippen LogP contribution in [0.25, 0.3) is 0 Å². The first kappa shape index (κ1) is 41.4. The van der Waals surface area contributed by atoms with E-state index in [0.29, 0.717) is 0 Å². The van der Waals surface area contributed by atoms with Gasteiger partial charge in [-0.15, -0.1) is 0 Å². The summed E-state index contributed by atoms with van der Waals surface area (Å²) in [6.45, 7) is 32.8. The number of nitrogens with two attached hydrogens (primary N) is 1. The van der Waals surface area contributed by atoms with Gasteiger partial charge in [0, 0.05) is 24.2 Å². The van der Waals surface area contributed by atoms with Gasteiger partial charge in [0.1, 0.15) is 0 Å². The van der Waals surface area contributed by atoms with Crippen molar-refractivity contribution in [2.45, 2.75) is 104 Å². The van der Waals surface area contributed by atoms with Gasteiger partial charge in [0.05, 0.1) is 11.4 Å². The molecule has 0 aromatic heterocycles. The molecule has 266 valence electrons. The minimum Gasteiger partial charge on any atom is -0.398 e. The third kappa shape index (κ3) is 8.87. The fraction of sp³-hybridized carbons (Fsp3) is 0.333. The van der Waals surface area contributed by atoms with Crippen LogP contribution in [0.3, 0.4) is 0 Å².